The predicted octanol–water partition coefficient (Wildman–Crippen LogP) is 4.19. The van der Waals surface area contributed by atoms with Crippen LogP contribution in [-0.4, -0.2) is 10.4 Å². The first-order chi connectivity index (χ1) is 10.7. The van der Waals surface area contributed by atoms with Gasteiger partial charge in [-0.05, 0) is 23.3 Å². The van der Waals surface area contributed by atoms with Crippen LogP contribution < -0.4 is 5.32 Å². The van der Waals surface area contributed by atoms with Gasteiger partial charge >= 0.3 is 0 Å². The third-order valence-electron chi connectivity index (χ3n) is 3.28. The van der Waals surface area contributed by atoms with Crippen molar-refractivity contribution in [2.24, 2.45) is 0 Å². The van der Waals surface area contributed by atoms with E-state index in [9.17, 15) is 0 Å². The van der Waals surface area contributed by atoms with Gasteiger partial charge in [0.15, 0.2) is 0 Å². The maximum atomic E-state index is 9.06. The lowest BCUT2D eigenvalue weighted by Gasteiger charge is -2.14. The van der Waals surface area contributed by atoms with Crippen LogP contribution >= 0.6 is 11.8 Å². The van der Waals surface area contributed by atoms with E-state index in [1.54, 1.807) is 11.8 Å². The van der Waals surface area contributed by atoms with Gasteiger partial charge in [0.25, 0.3) is 0 Å². The van der Waals surface area contributed by atoms with E-state index in [1.807, 2.05) is 36.4 Å². The van der Waals surface area contributed by atoms with E-state index in [0.29, 0.717) is 6.42 Å². The lowest BCUT2D eigenvalue weighted by atomic mass is 10.1. The Morgan fingerprint density at radius 3 is 2.50 bits per heavy atom. The molecule has 2 aromatic carbocycles. The number of hydrogen-bond donors (Lipinski definition) is 2. The Balaban J connectivity index is 2.01. The molecule has 1 unspecified atom stereocenters. The molecule has 2 aromatic rings. The van der Waals surface area contributed by atoms with Crippen LogP contribution in [0.4, 0.5) is 5.69 Å². The number of thioether (sulfide) groups is 1. The van der Waals surface area contributed by atoms with E-state index in [4.69, 9.17) is 10.4 Å². The molecular formula is C18H20N2OS. The number of hydrogen-bond acceptors (Lipinski definition) is 4. The first-order valence-corrected chi connectivity index (χ1v) is 8.16. The largest absolute Gasteiger partial charge is 0.392 e. The van der Waals surface area contributed by atoms with Crippen molar-refractivity contribution in [3.05, 3.63) is 59.7 Å². The van der Waals surface area contributed by atoms with Crippen molar-refractivity contribution in [3.8, 4) is 6.07 Å². The van der Waals surface area contributed by atoms with Gasteiger partial charge in [0.2, 0.25) is 0 Å². The minimum absolute atomic E-state index is 0.0734. The molecule has 0 saturated heterocycles. The molecule has 0 bridgehead atoms. The molecular weight excluding hydrogens is 292 g/mol. The van der Waals surface area contributed by atoms with E-state index < -0.39 is 0 Å². The topological polar surface area (TPSA) is 56.0 Å². The number of aliphatic hydroxyl groups is 1. The summed E-state index contributed by atoms with van der Waals surface area (Å²) in [4.78, 5) is 1.16. The summed E-state index contributed by atoms with van der Waals surface area (Å²) < 4.78 is 0. The van der Waals surface area contributed by atoms with E-state index in [0.717, 1.165) is 22.7 Å². The standard InChI is InChI=1S/C18H20N2OS/c1-14(10-11-19)22-18-5-3-2-4-17(18)20-12-15-6-8-16(13-21)9-7-15/h2-9,14,20-21H,10,12-13H2,1H3. The van der Waals surface area contributed by atoms with Gasteiger partial charge in [-0.2, -0.15) is 5.26 Å². The highest BCUT2D eigenvalue weighted by Gasteiger charge is 2.08. The molecule has 0 amide bonds. The summed E-state index contributed by atoms with van der Waals surface area (Å²) in [6.45, 7) is 2.87. The number of para-hydroxylation sites is 1. The number of nitrogens with zero attached hydrogens (tertiary/aromatic N) is 1. The molecule has 114 valence electrons. The molecule has 0 radical (unpaired) electrons. The summed E-state index contributed by atoms with van der Waals surface area (Å²) in [5, 5.41) is 21.6. The van der Waals surface area contributed by atoms with Gasteiger partial charge in [0, 0.05) is 28.8 Å². The molecule has 2 rings (SSSR count). The van der Waals surface area contributed by atoms with Crippen LogP contribution in [0.5, 0.6) is 0 Å². The molecule has 0 fully saturated rings. The molecule has 0 aliphatic carbocycles. The number of rotatable bonds is 7. The van der Waals surface area contributed by atoms with Gasteiger partial charge in [-0.15, -0.1) is 11.8 Å². The number of aliphatic hydroxyl groups excluding tert-OH is 1. The van der Waals surface area contributed by atoms with Crippen LogP contribution in [0, 0.1) is 11.3 Å². The highest BCUT2D eigenvalue weighted by Crippen LogP contribution is 2.31. The van der Waals surface area contributed by atoms with Crippen LogP contribution in [0.1, 0.15) is 24.5 Å². The molecule has 0 aliphatic heterocycles. The monoisotopic (exact) mass is 312 g/mol. The van der Waals surface area contributed by atoms with Crippen molar-refractivity contribution in [2.75, 3.05) is 5.32 Å². The average Bonchev–Trinajstić information content (AvgIpc) is 2.55. The van der Waals surface area contributed by atoms with Gasteiger partial charge in [-0.3, -0.25) is 0 Å². The Kier molecular flexibility index (Phi) is 6.32. The van der Waals surface area contributed by atoms with Crippen LogP contribution in [0.15, 0.2) is 53.4 Å². The summed E-state index contributed by atoms with van der Waals surface area (Å²) in [7, 11) is 0. The third-order valence-corrected chi connectivity index (χ3v) is 4.46. The summed E-state index contributed by atoms with van der Waals surface area (Å²) in [5.74, 6) is 0. The van der Waals surface area contributed by atoms with Crippen LogP contribution in [-0.2, 0) is 13.2 Å². The zero-order chi connectivity index (χ0) is 15.8. The first kappa shape index (κ1) is 16.4. The van der Waals surface area contributed by atoms with Crippen molar-refractivity contribution in [1.29, 1.82) is 5.26 Å². The fourth-order valence-electron chi connectivity index (χ4n) is 2.06. The molecule has 0 saturated carbocycles. The lowest BCUT2D eigenvalue weighted by Crippen LogP contribution is -2.02. The van der Waals surface area contributed by atoms with Gasteiger partial charge in [0.05, 0.1) is 12.7 Å². The predicted molar refractivity (Wildman–Crippen MR) is 91.7 cm³/mol. The van der Waals surface area contributed by atoms with Gasteiger partial charge < -0.3 is 10.4 Å². The summed E-state index contributed by atoms with van der Waals surface area (Å²) in [6, 6.07) is 18.3. The Bertz CT molecular complexity index is 634. The molecule has 22 heavy (non-hydrogen) atoms. The fourth-order valence-corrected chi connectivity index (χ4v) is 3.08. The molecule has 0 aromatic heterocycles. The maximum absolute atomic E-state index is 9.06. The zero-order valence-electron chi connectivity index (χ0n) is 12.6. The summed E-state index contributed by atoms with van der Waals surface area (Å²) in [5.41, 5.74) is 3.18. The van der Waals surface area contributed by atoms with Crippen LogP contribution in [0.2, 0.25) is 0 Å². The second kappa shape index (κ2) is 8.47. The van der Waals surface area contributed by atoms with Gasteiger partial charge in [0.1, 0.15) is 0 Å². The Morgan fingerprint density at radius 1 is 1.14 bits per heavy atom. The Hall–Kier alpha value is -1.96. The van der Waals surface area contributed by atoms with Crippen LogP contribution in [0.3, 0.4) is 0 Å². The van der Waals surface area contributed by atoms with Gasteiger partial charge in [-0.25, -0.2) is 0 Å². The Morgan fingerprint density at radius 2 is 1.82 bits per heavy atom. The highest BCUT2D eigenvalue weighted by atomic mass is 32.2. The zero-order valence-corrected chi connectivity index (χ0v) is 13.4. The minimum atomic E-state index is 0.0734. The van der Waals surface area contributed by atoms with Crippen LogP contribution in [0.25, 0.3) is 0 Å². The molecule has 0 aliphatic rings. The van der Waals surface area contributed by atoms with Gasteiger partial charge in [-0.1, -0.05) is 43.3 Å². The van der Waals surface area contributed by atoms with Crippen molar-refractivity contribution in [1.82, 2.24) is 0 Å². The van der Waals surface area contributed by atoms with Crippen molar-refractivity contribution >= 4 is 17.4 Å². The number of nitrogens with one attached hydrogen (secondary N) is 1. The van der Waals surface area contributed by atoms with Crippen molar-refractivity contribution in [2.45, 2.75) is 36.6 Å². The minimum Gasteiger partial charge on any atom is -0.392 e. The molecule has 3 nitrogen and oxygen atoms in total. The van der Waals surface area contributed by atoms with Crippen molar-refractivity contribution < 1.29 is 5.11 Å². The molecule has 2 N–H and O–H groups in total. The quantitative estimate of drug-likeness (QED) is 0.753. The normalized spacial score (nSPS) is 11.7. The molecule has 0 spiro atoms. The number of nitriles is 1. The highest BCUT2D eigenvalue weighted by molar-refractivity contribution is 8.00. The van der Waals surface area contributed by atoms with E-state index in [2.05, 4.69) is 30.4 Å². The third kappa shape index (κ3) is 4.80. The number of benzene rings is 2. The van der Waals surface area contributed by atoms with E-state index in [-0.39, 0.29) is 11.9 Å². The van der Waals surface area contributed by atoms with Crippen molar-refractivity contribution in [3.63, 3.8) is 0 Å². The molecule has 1 atom stereocenters. The lowest BCUT2D eigenvalue weighted by molar-refractivity contribution is 0.282. The second-order valence-corrected chi connectivity index (χ2v) is 6.60. The van der Waals surface area contributed by atoms with E-state index >= 15 is 0 Å². The molecule has 4 heteroatoms. The first-order valence-electron chi connectivity index (χ1n) is 7.28. The number of anilines is 1. The molecule has 0 heterocycles. The summed E-state index contributed by atoms with van der Waals surface area (Å²) >= 11 is 1.72. The second-order valence-electron chi connectivity index (χ2n) is 5.12. The fraction of sp³-hybridized carbons (Fsp3) is 0.278. The smallest absolute Gasteiger partial charge is 0.0681 e. The maximum Gasteiger partial charge on any atom is 0.0681 e. The SMILES string of the molecule is CC(CC#N)Sc1ccccc1NCc1ccc(CO)cc1. The Labute approximate surface area is 136 Å². The average molecular weight is 312 g/mol. The van der Waals surface area contributed by atoms with E-state index in [1.165, 1.54) is 5.56 Å². The summed E-state index contributed by atoms with van der Waals surface area (Å²) in [6.07, 6.45) is 0.543.